The molecule has 28 heavy (non-hydrogen) atoms. The quantitative estimate of drug-likeness (QED) is 0.510. The number of rotatable bonds is 7. The Hall–Kier alpha value is -2.71. The Morgan fingerprint density at radius 3 is 2.39 bits per heavy atom. The molecular weight excluding hydrogens is 389 g/mol. The van der Waals surface area contributed by atoms with E-state index in [1.807, 2.05) is 27.7 Å². The number of anilines is 1. The van der Waals surface area contributed by atoms with Gasteiger partial charge in [-0.05, 0) is 39.8 Å². The minimum atomic E-state index is -0.816. The van der Waals surface area contributed by atoms with Crippen molar-refractivity contribution in [3.63, 3.8) is 0 Å². The van der Waals surface area contributed by atoms with E-state index in [2.05, 4.69) is 5.32 Å². The molecule has 9 heteroatoms. The number of hydrogen-bond donors (Lipinski definition) is 1. The molecule has 0 fully saturated rings. The first-order valence-electron chi connectivity index (χ1n) is 8.62. The van der Waals surface area contributed by atoms with Gasteiger partial charge in [0.15, 0.2) is 5.75 Å². The van der Waals surface area contributed by atoms with Gasteiger partial charge >= 0.3 is 0 Å². The molecule has 0 radical (unpaired) electrons. The summed E-state index contributed by atoms with van der Waals surface area (Å²) in [5.41, 5.74) is -0.762. The molecule has 7 nitrogen and oxygen atoms in total. The van der Waals surface area contributed by atoms with E-state index in [-0.39, 0.29) is 39.8 Å². The van der Waals surface area contributed by atoms with Gasteiger partial charge in [0.2, 0.25) is 0 Å². The van der Waals surface area contributed by atoms with Gasteiger partial charge in [-0.25, -0.2) is 4.39 Å². The summed E-state index contributed by atoms with van der Waals surface area (Å²) >= 11 is 6.08. The van der Waals surface area contributed by atoms with Gasteiger partial charge in [0, 0.05) is 24.2 Å². The number of nitro benzene ring substituents is 1. The fourth-order valence-electron chi connectivity index (χ4n) is 2.63. The van der Waals surface area contributed by atoms with E-state index in [1.165, 1.54) is 30.3 Å². The van der Waals surface area contributed by atoms with Crippen LogP contribution in [0.25, 0.3) is 0 Å². The third-order valence-electron chi connectivity index (χ3n) is 3.84. The number of benzene rings is 2. The topological polar surface area (TPSA) is 84.7 Å². The summed E-state index contributed by atoms with van der Waals surface area (Å²) in [6.45, 7) is 7.70. The lowest BCUT2D eigenvalue weighted by molar-refractivity contribution is -0.385. The number of nitro groups is 1. The van der Waals surface area contributed by atoms with Gasteiger partial charge < -0.3 is 10.2 Å². The zero-order valence-electron chi connectivity index (χ0n) is 15.9. The van der Waals surface area contributed by atoms with Crippen molar-refractivity contribution in [2.75, 3.05) is 5.32 Å². The first-order valence-corrected chi connectivity index (χ1v) is 8.99. The Kier molecular flexibility index (Phi) is 6.93. The first kappa shape index (κ1) is 21.6. The van der Waals surface area contributed by atoms with Crippen LogP contribution in [0.4, 0.5) is 15.8 Å². The van der Waals surface area contributed by atoms with Crippen LogP contribution in [-0.2, 0) is 0 Å². The van der Waals surface area contributed by atoms with Crippen LogP contribution in [0, 0.1) is 15.9 Å². The number of hydrogen-bond acceptors (Lipinski definition) is 5. The number of nitrogens with zero attached hydrogens (tertiary/aromatic N) is 2. The molecule has 0 aliphatic heterocycles. The number of amides is 1. The van der Waals surface area contributed by atoms with Gasteiger partial charge in [-0.1, -0.05) is 23.7 Å². The lowest BCUT2D eigenvalue weighted by atomic mass is 10.1. The van der Waals surface area contributed by atoms with Crippen LogP contribution in [0.3, 0.4) is 0 Å². The highest BCUT2D eigenvalue weighted by atomic mass is 35.5. The van der Waals surface area contributed by atoms with Crippen LogP contribution >= 0.6 is 11.6 Å². The summed E-state index contributed by atoms with van der Waals surface area (Å²) in [4.78, 5) is 28.7. The van der Waals surface area contributed by atoms with Crippen LogP contribution in [0.5, 0.6) is 5.75 Å². The summed E-state index contributed by atoms with van der Waals surface area (Å²) in [6.07, 6.45) is 0. The molecule has 0 bridgehead atoms. The van der Waals surface area contributed by atoms with Crippen molar-refractivity contribution in [1.82, 2.24) is 5.06 Å². The van der Waals surface area contributed by atoms with Crippen LogP contribution < -0.4 is 10.2 Å². The highest BCUT2D eigenvalue weighted by Crippen LogP contribution is 2.32. The van der Waals surface area contributed by atoms with E-state index in [1.54, 1.807) is 5.06 Å². The van der Waals surface area contributed by atoms with Crippen molar-refractivity contribution in [3.05, 3.63) is 62.9 Å². The molecule has 0 spiro atoms. The van der Waals surface area contributed by atoms with E-state index in [0.717, 1.165) is 6.07 Å². The van der Waals surface area contributed by atoms with Crippen LogP contribution in [0.2, 0.25) is 5.02 Å². The van der Waals surface area contributed by atoms with Gasteiger partial charge in [-0.3, -0.25) is 14.9 Å². The smallest absolute Gasteiger partial charge is 0.282 e. The molecule has 1 amide bonds. The normalized spacial score (nSPS) is 11.2. The number of hydroxylamine groups is 2. The van der Waals surface area contributed by atoms with E-state index < -0.39 is 16.6 Å². The van der Waals surface area contributed by atoms with Crippen molar-refractivity contribution >= 4 is 28.9 Å². The Balaban J connectivity index is 2.34. The Bertz CT molecular complexity index is 881. The molecule has 0 heterocycles. The second-order valence-corrected chi connectivity index (χ2v) is 7.04. The zero-order chi connectivity index (χ0) is 21.0. The van der Waals surface area contributed by atoms with E-state index in [4.69, 9.17) is 16.4 Å². The van der Waals surface area contributed by atoms with Gasteiger partial charge in [0.25, 0.3) is 11.6 Å². The van der Waals surface area contributed by atoms with Crippen molar-refractivity contribution in [1.29, 1.82) is 0 Å². The minimum Gasteiger partial charge on any atom is -0.404 e. The molecule has 1 N–H and O–H groups in total. The second kappa shape index (κ2) is 8.99. The standard InChI is InChI=1S/C19H21ClFN3O4/c1-11(2)23(12(3)4)28-18-10-16(15(21)9-14(18)20)22-19(25)13-7-5-6-8-17(13)24(26)27/h5-12H,1-4H3,(H,22,25). The molecule has 2 rings (SSSR count). The summed E-state index contributed by atoms with van der Waals surface area (Å²) in [5, 5.41) is 15.2. The molecule has 0 saturated carbocycles. The fraction of sp³-hybridized carbons (Fsp3) is 0.316. The molecule has 0 aliphatic rings. The number of carbonyl (C=O) groups excluding carboxylic acids is 1. The lowest BCUT2D eigenvalue weighted by Crippen LogP contribution is -2.39. The average molecular weight is 410 g/mol. The summed E-state index contributed by atoms with van der Waals surface area (Å²) < 4.78 is 14.3. The van der Waals surface area contributed by atoms with E-state index in [9.17, 15) is 19.3 Å². The second-order valence-electron chi connectivity index (χ2n) is 6.63. The molecule has 0 aromatic heterocycles. The minimum absolute atomic E-state index is 0.0196. The summed E-state index contributed by atoms with van der Waals surface area (Å²) in [5.74, 6) is -1.45. The maximum atomic E-state index is 14.3. The van der Waals surface area contributed by atoms with Gasteiger partial charge in [0.05, 0.1) is 15.6 Å². The van der Waals surface area contributed by atoms with Gasteiger partial charge in [-0.2, -0.15) is 0 Å². The fourth-order valence-corrected chi connectivity index (χ4v) is 2.81. The van der Waals surface area contributed by atoms with Gasteiger partial charge in [0.1, 0.15) is 11.4 Å². The molecule has 0 unspecified atom stereocenters. The average Bonchev–Trinajstić information content (AvgIpc) is 2.62. The lowest BCUT2D eigenvalue weighted by Gasteiger charge is -2.30. The SMILES string of the molecule is CC(C)N(Oc1cc(NC(=O)c2ccccc2[N+](=O)[O-])c(F)cc1Cl)C(C)C. The largest absolute Gasteiger partial charge is 0.404 e. The van der Waals surface area contributed by atoms with Crippen molar-refractivity contribution in [2.24, 2.45) is 0 Å². The predicted octanol–water partition coefficient (Wildman–Crippen LogP) is 5.05. The van der Waals surface area contributed by atoms with Crippen molar-refractivity contribution < 1.29 is 18.9 Å². The summed E-state index contributed by atoms with van der Waals surface area (Å²) in [7, 11) is 0. The van der Waals surface area contributed by atoms with E-state index >= 15 is 0 Å². The molecule has 150 valence electrons. The molecular formula is C19H21ClFN3O4. The molecule has 2 aromatic carbocycles. The van der Waals surface area contributed by atoms with Crippen LogP contribution in [0.1, 0.15) is 38.1 Å². The molecule has 0 saturated heterocycles. The maximum Gasteiger partial charge on any atom is 0.282 e. The number of nitrogens with one attached hydrogen (secondary N) is 1. The Morgan fingerprint density at radius 2 is 1.82 bits per heavy atom. The van der Waals surface area contributed by atoms with Crippen molar-refractivity contribution in [2.45, 2.75) is 39.8 Å². The number of para-hydroxylation sites is 1. The Morgan fingerprint density at radius 1 is 1.21 bits per heavy atom. The van der Waals surface area contributed by atoms with Crippen molar-refractivity contribution in [3.8, 4) is 5.75 Å². The zero-order valence-corrected chi connectivity index (χ0v) is 16.7. The summed E-state index contributed by atoms with van der Waals surface area (Å²) in [6, 6.07) is 7.72. The first-order chi connectivity index (χ1) is 13.1. The highest BCUT2D eigenvalue weighted by Gasteiger charge is 2.22. The number of carbonyl (C=O) groups is 1. The number of halogens is 2. The molecule has 2 aromatic rings. The molecule has 0 aliphatic carbocycles. The third-order valence-corrected chi connectivity index (χ3v) is 4.13. The van der Waals surface area contributed by atoms with Crippen LogP contribution in [-0.4, -0.2) is 28.0 Å². The van der Waals surface area contributed by atoms with Gasteiger partial charge in [-0.15, -0.1) is 5.06 Å². The predicted molar refractivity (Wildman–Crippen MR) is 105 cm³/mol. The third kappa shape index (κ3) is 4.96. The van der Waals surface area contributed by atoms with Crippen LogP contribution in [0.15, 0.2) is 36.4 Å². The highest BCUT2D eigenvalue weighted by molar-refractivity contribution is 6.32. The Labute approximate surface area is 167 Å². The van der Waals surface area contributed by atoms with E-state index in [0.29, 0.717) is 0 Å². The maximum absolute atomic E-state index is 14.3. The monoisotopic (exact) mass is 409 g/mol. The molecule has 0 atom stereocenters.